The molecule has 0 unspecified atom stereocenters. The second-order valence-electron chi connectivity index (χ2n) is 5.75. The van der Waals surface area contributed by atoms with Gasteiger partial charge >= 0.3 is 6.18 Å². The molecule has 2 aromatic carbocycles. The van der Waals surface area contributed by atoms with Crippen LogP contribution in [0.4, 0.5) is 13.2 Å². The number of hydrogen-bond donors (Lipinski definition) is 0. The van der Waals surface area contributed by atoms with E-state index >= 15 is 0 Å². The Balaban J connectivity index is 1.87. The maximum atomic E-state index is 13.4. The van der Waals surface area contributed by atoms with E-state index in [0.717, 1.165) is 11.8 Å². The molecule has 0 fully saturated rings. The first-order valence-electron chi connectivity index (χ1n) is 7.82. The van der Waals surface area contributed by atoms with E-state index < -0.39 is 11.1 Å². The lowest BCUT2D eigenvalue weighted by molar-refractivity contribution is -0.133. The highest BCUT2D eigenvalue weighted by Gasteiger charge is 2.36. The van der Waals surface area contributed by atoms with E-state index in [1.54, 1.807) is 55.5 Å². The van der Waals surface area contributed by atoms with Gasteiger partial charge in [-0.1, -0.05) is 30.3 Å². The van der Waals surface area contributed by atoms with Crippen molar-refractivity contribution in [2.45, 2.75) is 19.7 Å². The Bertz CT molecular complexity index is 915. The van der Waals surface area contributed by atoms with Crippen LogP contribution in [0.15, 0.2) is 54.6 Å². The molecule has 0 N–H and O–H groups in total. The fourth-order valence-electron chi connectivity index (χ4n) is 2.61. The summed E-state index contributed by atoms with van der Waals surface area (Å²) in [6, 6.07) is 15.0. The van der Waals surface area contributed by atoms with Gasteiger partial charge in [-0.05, 0) is 42.3 Å². The van der Waals surface area contributed by atoms with Gasteiger partial charge in [-0.3, -0.25) is 4.79 Å². The van der Waals surface area contributed by atoms with Crippen LogP contribution in [0.1, 0.15) is 25.7 Å². The van der Waals surface area contributed by atoms with Gasteiger partial charge in [0.05, 0.1) is 0 Å². The Hall–Kier alpha value is -2.60. The first-order valence-corrected chi connectivity index (χ1v) is 8.64. The van der Waals surface area contributed by atoms with Crippen LogP contribution in [-0.2, 0) is 12.8 Å². The van der Waals surface area contributed by atoms with Crippen molar-refractivity contribution in [3.63, 3.8) is 0 Å². The third-order valence-corrected chi connectivity index (χ3v) is 4.98. The van der Waals surface area contributed by atoms with Crippen molar-refractivity contribution in [1.29, 1.82) is 0 Å². The van der Waals surface area contributed by atoms with Gasteiger partial charge in [0, 0.05) is 16.0 Å². The predicted molar refractivity (Wildman–Crippen MR) is 95.7 cm³/mol. The number of carbonyl (C=O) groups is 1. The van der Waals surface area contributed by atoms with Gasteiger partial charge in [-0.15, -0.1) is 11.3 Å². The van der Waals surface area contributed by atoms with Gasteiger partial charge in [0.2, 0.25) is 0 Å². The smallest absolute Gasteiger partial charge is 0.426 e. The zero-order valence-corrected chi connectivity index (χ0v) is 14.7. The molecule has 0 aliphatic heterocycles. The number of halogens is 3. The van der Waals surface area contributed by atoms with Crippen molar-refractivity contribution in [1.82, 2.24) is 0 Å². The molecule has 6 heteroatoms. The van der Waals surface area contributed by atoms with Crippen LogP contribution in [0.5, 0.6) is 5.75 Å². The van der Waals surface area contributed by atoms with Gasteiger partial charge in [0.1, 0.15) is 23.5 Å². The molecule has 0 aliphatic rings. The Labute approximate surface area is 152 Å². The number of hydrogen-bond acceptors (Lipinski definition) is 3. The molecule has 0 amide bonds. The Morgan fingerprint density at radius 3 is 2.42 bits per heavy atom. The monoisotopic (exact) mass is 376 g/mol. The summed E-state index contributed by atoms with van der Waals surface area (Å²) in [7, 11) is 0. The third-order valence-electron chi connectivity index (χ3n) is 3.83. The number of ether oxygens (including phenoxy) is 1. The third kappa shape index (κ3) is 3.96. The van der Waals surface area contributed by atoms with Gasteiger partial charge in [0.15, 0.2) is 0 Å². The number of alkyl halides is 3. The van der Waals surface area contributed by atoms with Gasteiger partial charge in [0.25, 0.3) is 0 Å². The largest absolute Gasteiger partial charge is 0.488 e. The number of carbonyl (C=O) groups excluding carboxylic acids is 1. The van der Waals surface area contributed by atoms with Crippen LogP contribution < -0.4 is 4.74 Å². The highest BCUT2D eigenvalue weighted by Crippen LogP contribution is 2.43. The molecule has 0 aliphatic carbocycles. The second-order valence-corrected chi connectivity index (χ2v) is 6.89. The van der Waals surface area contributed by atoms with Crippen LogP contribution >= 0.6 is 11.3 Å². The van der Waals surface area contributed by atoms with E-state index in [4.69, 9.17) is 4.74 Å². The minimum Gasteiger partial charge on any atom is -0.488 e. The van der Waals surface area contributed by atoms with E-state index in [9.17, 15) is 18.0 Å². The highest BCUT2D eigenvalue weighted by molar-refractivity contribution is 7.12. The van der Waals surface area contributed by atoms with E-state index in [1.165, 1.54) is 6.07 Å². The molecule has 0 spiro atoms. The zero-order valence-electron chi connectivity index (χ0n) is 13.8. The van der Waals surface area contributed by atoms with E-state index in [-0.39, 0.29) is 12.2 Å². The second kappa shape index (κ2) is 7.33. The summed E-state index contributed by atoms with van der Waals surface area (Å²) in [6.45, 7) is 1.81. The maximum absolute atomic E-state index is 13.4. The molecule has 1 aromatic heterocycles. The zero-order chi connectivity index (χ0) is 18.7. The van der Waals surface area contributed by atoms with E-state index in [1.807, 2.05) is 0 Å². The van der Waals surface area contributed by atoms with Crippen molar-refractivity contribution >= 4 is 17.6 Å². The minimum absolute atomic E-state index is 0.0296. The van der Waals surface area contributed by atoms with Crippen molar-refractivity contribution in [2.75, 3.05) is 0 Å². The fourth-order valence-corrected chi connectivity index (χ4v) is 3.57. The van der Waals surface area contributed by atoms with Crippen molar-refractivity contribution < 1.29 is 22.7 Å². The lowest BCUT2D eigenvalue weighted by Crippen LogP contribution is -2.03. The molecule has 0 atom stereocenters. The molecule has 134 valence electrons. The van der Waals surface area contributed by atoms with E-state index in [2.05, 4.69) is 0 Å². The maximum Gasteiger partial charge on any atom is 0.426 e. The van der Waals surface area contributed by atoms with E-state index in [0.29, 0.717) is 33.1 Å². The van der Waals surface area contributed by atoms with Crippen LogP contribution in [0.2, 0.25) is 0 Å². The van der Waals surface area contributed by atoms with Crippen molar-refractivity contribution in [3.8, 4) is 16.9 Å². The summed E-state index contributed by atoms with van der Waals surface area (Å²) >= 11 is 0.688. The predicted octanol–water partition coefficient (Wildman–Crippen LogP) is 6.13. The highest BCUT2D eigenvalue weighted by atomic mass is 32.1. The molecule has 0 bridgehead atoms. The molecular weight excluding hydrogens is 361 g/mol. The minimum atomic E-state index is -4.42. The summed E-state index contributed by atoms with van der Waals surface area (Å²) in [5, 5.41) is 0. The van der Waals surface area contributed by atoms with Gasteiger partial charge in [-0.2, -0.15) is 13.2 Å². The summed E-state index contributed by atoms with van der Waals surface area (Å²) in [5.74, 6) is 0.541. The molecule has 26 heavy (non-hydrogen) atoms. The van der Waals surface area contributed by atoms with Crippen molar-refractivity contribution in [2.24, 2.45) is 0 Å². The number of rotatable bonds is 5. The SMILES string of the molecule is Cc1cc(C=O)ccc1OCc1cc(-c2ccccc2)c(C(F)(F)F)s1. The molecule has 1 heterocycles. The normalized spacial score (nSPS) is 11.4. The molecule has 3 aromatic rings. The van der Waals surface area contributed by atoms with Crippen LogP contribution in [-0.4, -0.2) is 6.29 Å². The van der Waals surface area contributed by atoms with Gasteiger partial charge < -0.3 is 4.74 Å². The fraction of sp³-hybridized carbons (Fsp3) is 0.150. The molecule has 2 nitrogen and oxygen atoms in total. The summed E-state index contributed by atoms with van der Waals surface area (Å²) in [5.41, 5.74) is 1.96. The number of thiophene rings is 1. The molecule has 0 saturated heterocycles. The van der Waals surface area contributed by atoms with Crippen LogP contribution in [0.3, 0.4) is 0 Å². The summed E-state index contributed by atoms with van der Waals surface area (Å²) in [4.78, 5) is 10.6. The molecule has 0 saturated carbocycles. The van der Waals surface area contributed by atoms with Gasteiger partial charge in [-0.25, -0.2) is 0 Å². The number of aryl methyl sites for hydroxylation is 1. The molecule has 3 rings (SSSR count). The topological polar surface area (TPSA) is 26.3 Å². The van der Waals surface area contributed by atoms with Crippen molar-refractivity contribution in [3.05, 3.63) is 75.5 Å². The standard InChI is InChI=1S/C20H15F3O2S/c1-13-9-14(11-24)7-8-18(13)25-12-16-10-17(15-5-3-2-4-6-15)19(26-16)20(21,22)23/h2-11H,12H2,1H3. The number of benzene rings is 2. The molecule has 0 radical (unpaired) electrons. The Kier molecular flexibility index (Phi) is 5.13. The Morgan fingerprint density at radius 2 is 1.81 bits per heavy atom. The lowest BCUT2D eigenvalue weighted by atomic mass is 10.1. The first-order chi connectivity index (χ1) is 12.4. The average Bonchev–Trinajstić information content (AvgIpc) is 3.06. The average molecular weight is 376 g/mol. The lowest BCUT2D eigenvalue weighted by Gasteiger charge is -2.08. The Morgan fingerprint density at radius 1 is 1.08 bits per heavy atom. The first kappa shape index (κ1) is 18.2. The number of aldehydes is 1. The molecular formula is C20H15F3O2S. The summed E-state index contributed by atoms with van der Waals surface area (Å²) < 4.78 is 45.9. The van der Waals surface area contributed by atoms with Crippen LogP contribution in [0, 0.1) is 6.92 Å². The van der Waals surface area contributed by atoms with Crippen LogP contribution in [0.25, 0.3) is 11.1 Å². The quantitative estimate of drug-likeness (QED) is 0.501. The summed E-state index contributed by atoms with van der Waals surface area (Å²) in [6.07, 6.45) is -3.69.